The first kappa shape index (κ1) is 28.6. The second kappa shape index (κ2) is 11.5. The quantitative estimate of drug-likeness (QED) is 0.267. The molecule has 1 aromatic carbocycles. The van der Waals surface area contributed by atoms with E-state index in [1.54, 1.807) is 55.8 Å². The summed E-state index contributed by atoms with van der Waals surface area (Å²) in [5.41, 5.74) is 0.412. The van der Waals surface area contributed by atoms with Crippen molar-refractivity contribution in [1.29, 1.82) is 0 Å². The van der Waals surface area contributed by atoms with Gasteiger partial charge in [-0.3, -0.25) is 9.36 Å². The molecule has 12 heteroatoms. The molecule has 0 saturated heterocycles. The van der Waals surface area contributed by atoms with Gasteiger partial charge >= 0.3 is 6.09 Å². The van der Waals surface area contributed by atoms with Crippen molar-refractivity contribution in [2.75, 3.05) is 5.32 Å². The minimum Gasteiger partial charge on any atom is -0.487 e. The molecular formula is C29H30Cl2N6O4. The molecule has 1 aliphatic carbocycles. The highest BCUT2D eigenvalue weighted by Gasteiger charge is 2.32. The molecule has 2 unspecified atom stereocenters. The van der Waals surface area contributed by atoms with Crippen LogP contribution in [0, 0.1) is 0 Å². The molecule has 0 bridgehead atoms. The second-order valence-corrected chi connectivity index (χ2v) is 11.6. The lowest BCUT2D eigenvalue weighted by Crippen LogP contribution is -2.44. The molecule has 10 nitrogen and oxygen atoms in total. The molecule has 41 heavy (non-hydrogen) atoms. The van der Waals surface area contributed by atoms with E-state index in [1.807, 2.05) is 20.8 Å². The average molecular weight is 598 g/mol. The number of amides is 1. The number of hydrogen-bond donors (Lipinski definition) is 2. The number of benzene rings is 1. The normalized spacial score (nSPS) is 16.9. The van der Waals surface area contributed by atoms with Gasteiger partial charge < -0.3 is 20.1 Å². The van der Waals surface area contributed by atoms with Crippen molar-refractivity contribution >= 4 is 52.1 Å². The number of aryl methyl sites for hydroxylation is 1. The summed E-state index contributed by atoms with van der Waals surface area (Å²) in [4.78, 5) is 38.7. The molecule has 214 valence electrons. The smallest absolute Gasteiger partial charge is 0.408 e. The molecule has 0 radical (unpaired) electrons. The van der Waals surface area contributed by atoms with Crippen LogP contribution in [0.5, 0.6) is 5.75 Å². The number of ether oxygens (including phenoxy) is 2. The number of anilines is 2. The molecule has 0 aliphatic heterocycles. The van der Waals surface area contributed by atoms with Crippen LogP contribution in [-0.4, -0.2) is 43.4 Å². The van der Waals surface area contributed by atoms with E-state index in [1.165, 1.54) is 4.57 Å². The number of halogens is 2. The first-order chi connectivity index (χ1) is 19.5. The Morgan fingerprint density at radius 2 is 1.83 bits per heavy atom. The summed E-state index contributed by atoms with van der Waals surface area (Å²) in [5, 5.41) is 7.40. The van der Waals surface area contributed by atoms with Crippen LogP contribution in [-0.2, 0) is 11.8 Å². The maximum absolute atomic E-state index is 13.2. The Hall–Kier alpha value is -3.89. The van der Waals surface area contributed by atoms with E-state index >= 15 is 0 Å². The third-order valence-corrected chi connectivity index (χ3v) is 7.23. The molecule has 3 heterocycles. The monoisotopic (exact) mass is 596 g/mol. The first-order valence-electron chi connectivity index (χ1n) is 13.2. The topological polar surface area (TPSA) is 120 Å². The predicted octanol–water partition coefficient (Wildman–Crippen LogP) is 6.27. The molecule has 4 aromatic rings. The zero-order valence-corrected chi connectivity index (χ0v) is 24.6. The van der Waals surface area contributed by atoms with Gasteiger partial charge in [0.05, 0.1) is 27.8 Å². The lowest BCUT2D eigenvalue weighted by atomic mass is 10.1. The lowest BCUT2D eigenvalue weighted by molar-refractivity contribution is 0.0464. The molecule has 1 saturated carbocycles. The third kappa shape index (κ3) is 6.55. The Labute approximate surface area is 247 Å². The Kier molecular flexibility index (Phi) is 8.06. The van der Waals surface area contributed by atoms with Crippen LogP contribution in [0.4, 0.5) is 16.6 Å². The largest absolute Gasteiger partial charge is 0.487 e. The summed E-state index contributed by atoms with van der Waals surface area (Å²) < 4.78 is 12.9. The van der Waals surface area contributed by atoms with Crippen molar-refractivity contribution in [3.63, 3.8) is 0 Å². The van der Waals surface area contributed by atoms with Gasteiger partial charge in [0.15, 0.2) is 0 Å². The van der Waals surface area contributed by atoms with Crippen LogP contribution in [0.3, 0.4) is 0 Å². The number of fused-ring (bicyclic) bond motifs is 1. The van der Waals surface area contributed by atoms with Gasteiger partial charge in [-0.25, -0.2) is 14.8 Å². The number of pyridine rings is 2. The minimum atomic E-state index is -0.567. The van der Waals surface area contributed by atoms with E-state index in [4.69, 9.17) is 32.7 Å². The van der Waals surface area contributed by atoms with Gasteiger partial charge in [-0.05, 0) is 70.4 Å². The Balaban J connectivity index is 1.29. The third-order valence-electron chi connectivity index (χ3n) is 6.60. The summed E-state index contributed by atoms with van der Waals surface area (Å²) in [6.45, 7) is 5.49. The van der Waals surface area contributed by atoms with Crippen molar-refractivity contribution in [3.8, 4) is 16.9 Å². The first-order valence-corrected chi connectivity index (χ1v) is 13.9. The van der Waals surface area contributed by atoms with Gasteiger partial charge in [0.1, 0.15) is 28.9 Å². The highest BCUT2D eigenvalue weighted by Crippen LogP contribution is 2.34. The molecule has 3 aromatic heterocycles. The number of hydrogen-bond acceptors (Lipinski definition) is 8. The molecule has 1 amide bonds. The van der Waals surface area contributed by atoms with Gasteiger partial charge in [0.25, 0.3) is 5.56 Å². The number of alkyl carbamates (subject to hydrolysis) is 1. The fraction of sp³-hybridized carbons (Fsp3) is 0.345. The fourth-order valence-electron chi connectivity index (χ4n) is 4.75. The standard InChI is InChI=1S/C29H30Cl2N6O4/c1-29(2,3)41-28(39)34-21-9-6-10-22(21)40-17-11-12-23(32-15-17)35-27-33-14-16-13-18(26(38)37(4)25(16)36-27)24-19(30)7-5-8-20(24)31/h5,7-8,11-15,21-22H,6,9-10H2,1-4H3,(H,34,39)(H,32,33,35,36). The van der Waals surface area contributed by atoms with Crippen LogP contribution in [0.1, 0.15) is 40.0 Å². The highest BCUT2D eigenvalue weighted by molar-refractivity contribution is 6.39. The number of carbonyl (C=O) groups is 1. The maximum atomic E-state index is 13.2. The zero-order valence-electron chi connectivity index (χ0n) is 23.1. The molecular weight excluding hydrogens is 567 g/mol. The van der Waals surface area contributed by atoms with Crippen LogP contribution in [0.25, 0.3) is 22.2 Å². The van der Waals surface area contributed by atoms with Crippen molar-refractivity contribution in [2.24, 2.45) is 7.05 Å². The van der Waals surface area contributed by atoms with Gasteiger partial charge in [-0.1, -0.05) is 29.3 Å². The van der Waals surface area contributed by atoms with E-state index in [-0.39, 0.29) is 23.7 Å². The number of aromatic nitrogens is 4. The van der Waals surface area contributed by atoms with Crippen molar-refractivity contribution in [1.82, 2.24) is 24.8 Å². The predicted molar refractivity (Wildman–Crippen MR) is 159 cm³/mol. The number of carbonyl (C=O) groups excluding carboxylic acids is 1. The van der Waals surface area contributed by atoms with Gasteiger partial charge in [-0.2, -0.15) is 4.98 Å². The van der Waals surface area contributed by atoms with E-state index in [0.717, 1.165) is 19.3 Å². The van der Waals surface area contributed by atoms with Crippen molar-refractivity contribution in [3.05, 3.63) is 69.2 Å². The summed E-state index contributed by atoms with van der Waals surface area (Å²) >= 11 is 12.7. The molecule has 2 atom stereocenters. The van der Waals surface area contributed by atoms with E-state index in [0.29, 0.717) is 43.8 Å². The van der Waals surface area contributed by atoms with Crippen LogP contribution < -0.4 is 20.9 Å². The molecule has 1 aliphatic rings. The summed E-state index contributed by atoms with van der Waals surface area (Å²) in [5.74, 6) is 1.34. The van der Waals surface area contributed by atoms with Gasteiger partial charge in [0.2, 0.25) is 5.95 Å². The summed E-state index contributed by atoms with van der Waals surface area (Å²) in [6.07, 6.45) is 5.15. The fourth-order valence-corrected chi connectivity index (χ4v) is 5.35. The second-order valence-electron chi connectivity index (χ2n) is 10.8. The summed E-state index contributed by atoms with van der Waals surface area (Å²) in [7, 11) is 1.63. The van der Waals surface area contributed by atoms with E-state index in [2.05, 4.69) is 25.6 Å². The molecule has 0 spiro atoms. The van der Waals surface area contributed by atoms with E-state index in [9.17, 15) is 9.59 Å². The maximum Gasteiger partial charge on any atom is 0.408 e. The van der Waals surface area contributed by atoms with E-state index < -0.39 is 11.7 Å². The highest BCUT2D eigenvalue weighted by atomic mass is 35.5. The molecule has 5 rings (SSSR count). The molecule has 2 N–H and O–H groups in total. The SMILES string of the molecule is Cn1c(=O)c(-c2c(Cl)cccc2Cl)cc2cnc(Nc3ccc(OC4CCCC4NC(=O)OC(C)(C)C)cn3)nc21. The van der Waals surface area contributed by atoms with Gasteiger partial charge in [-0.15, -0.1) is 0 Å². The van der Waals surface area contributed by atoms with Crippen molar-refractivity contribution < 1.29 is 14.3 Å². The Morgan fingerprint density at radius 1 is 1.07 bits per heavy atom. The summed E-state index contributed by atoms with van der Waals surface area (Å²) in [6, 6.07) is 10.2. The minimum absolute atomic E-state index is 0.144. The molecule has 1 fully saturated rings. The van der Waals surface area contributed by atoms with Crippen LogP contribution in [0.15, 0.2) is 53.6 Å². The van der Waals surface area contributed by atoms with Crippen LogP contribution in [0.2, 0.25) is 10.0 Å². The van der Waals surface area contributed by atoms with Gasteiger partial charge in [0, 0.05) is 24.2 Å². The number of nitrogens with one attached hydrogen (secondary N) is 2. The number of nitrogens with zero attached hydrogens (tertiary/aromatic N) is 4. The Morgan fingerprint density at radius 3 is 2.51 bits per heavy atom. The lowest BCUT2D eigenvalue weighted by Gasteiger charge is -2.25. The zero-order chi connectivity index (χ0) is 29.3. The average Bonchev–Trinajstić information content (AvgIpc) is 3.33. The number of rotatable bonds is 6. The Bertz CT molecular complexity index is 1630. The van der Waals surface area contributed by atoms with Crippen LogP contribution >= 0.6 is 23.2 Å². The van der Waals surface area contributed by atoms with Crippen molar-refractivity contribution in [2.45, 2.75) is 57.8 Å².